The van der Waals surface area contributed by atoms with Crippen molar-refractivity contribution >= 4 is 18.2 Å². The molecule has 0 saturated carbocycles. The van der Waals surface area contributed by atoms with Gasteiger partial charge in [0.2, 0.25) is 0 Å². The number of hydrogen-bond acceptors (Lipinski definition) is 7. The maximum absolute atomic E-state index is 12.8. The molecule has 0 radical (unpaired) electrons. The highest BCUT2D eigenvalue weighted by Gasteiger charge is 2.36. The maximum atomic E-state index is 12.8. The molecular weight excluding hydrogens is 410 g/mol. The first-order valence-corrected chi connectivity index (χ1v) is 10.1. The van der Waals surface area contributed by atoms with Gasteiger partial charge in [0.05, 0.1) is 13.7 Å². The van der Waals surface area contributed by atoms with Crippen LogP contribution in [0, 0.1) is 17.6 Å². The molecule has 1 aliphatic rings. The van der Waals surface area contributed by atoms with Crippen LogP contribution in [0.1, 0.15) is 45.6 Å². The number of esters is 2. The van der Waals surface area contributed by atoms with E-state index in [1.807, 2.05) is 20.8 Å². The Bertz CT molecular complexity index is 692. The van der Waals surface area contributed by atoms with Crippen LogP contribution in [0.3, 0.4) is 0 Å². The third-order valence-electron chi connectivity index (χ3n) is 4.23. The summed E-state index contributed by atoms with van der Waals surface area (Å²) < 4.78 is 34.6. The first-order chi connectivity index (χ1) is 14.6. The molecule has 1 fully saturated rings. The summed E-state index contributed by atoms with van der Waals surface area (Å²) in [7, 11) is 3.11. The van der Waals surface area contributed by atoms with Crippen LogP contribution in [0.2, 0.25) is 0 Å². The SMILES string of the molecule is CC(C)COC(=O)CC=O.CNCc1cccc(F)c1F.COC(=O)[C@@]1(C)CCCN1. The highest BCUT2D eigenvalue weighted by Crippen LogP contribution is 2.19. The minimum atomic E-state index is -0.794. The van der Waals surface area contributed by atoms with Crippen molar-refractivity contribution in [2.75, 3.05) is 27.3 Å². The number of carbonyl (C=O) groups is 3. The number of rotatable bonds is 7. The summed E-state index contributed by atoms with van der Waals surface area (Å²) in [5.74, 6) is -1.82. The van der Waals surface area contributed by atoms with E-state index in [4.69, 9.17) is 0 Å². The fourth-order valence-electron chi connectivity index (χ4n) is 2.56. The van der Waals surface area contributed by atoms with Gasteiger partial charge in [0.25, 0.3) is 0 Å². The molecular formula is C22H34F2N2O5. The predicted octanol–water partition coefficient (Wildman–Crippen LogP) is 2.76. The molecule has 7 nitrogen and oxygen atoms in total. The maximum Gasteiger partial charge on any atom is 0.325 e. The van der Waals surface area contributed by atoms with Crippen molar-refractivity contribution in [1.82, 2.24) is 10.6 Å². The van der Waals surface area contributed by atoms with E-state index in [1.54, 1.807) is 13.1 Å². The monoisotopic (exact) mass is 444 g/mol. The van der Waals surface area contributed by atoms with Crippen LogP contribution in [0.4, 0.5) is 8.78 Å². The smallest absolute Gasteiger partial charge is 0.325 e. The van der Waals surface area contributed by atoms with Crippen LogP contribution in [0.5, 0.6) is 0 Å². The molecule has 2 N–H and O–H groups in total. The molecule has 0 spiro atoms. The van der Waals surface area contributed by atoms with Crippen molar-refractivity contribution in [1.29, 1.82) is 0 Å². The zero-order valence-corrected chi connectivity index (χ0v) is 18.9. The number of aldehydes is 1. The molecule has 2 rings (SSSR count). The molecule has 0 aromatic heterocycles. The molecule has 1 aliphatic heterocycles. The molecule has 1 saturated heterocycles. The minimum absolute atomic E-state index is 0.132. The van der Waals surface area contributed by atoms with Crippen molar-refractivity contribution in [3.63, 3.8) is 0 Å². The fraction of sp³-hybridized carbons (Fsp3) is 0.591. The molecule has 1 aromatic carbocycles. The van der Waals surface area contributed by atoms with Crippen molar-refractivity contribution < 1.29 is 32.6 Å². The van der Waals surface area contributed by atoms with Gasteiger partial charge in [0.15, 0.2) is 11.6 Å². The molecule has 0 unspecified atom stereocenters. The summed E-state index contributed by atoms with van der Waals surface area (Å²) in [6.45, 7) is 7.43. The standard InChI is InChI=1S/C8H9F2N.C7H13NO2.C7H12O3/c1-11-5-6-3-2-4-7(9)8(6)10;1-7(6(9)10-2)4-3-5-8-7;1-6(2)5-10-7(9)3-4-8/h2-4,11H,5H2,1H3;8H,3-5H2,1-2H3;4,6H,3,5H2,1-2H3/t;7-;/m.1./s1. The van der Waals surface area contributed by atoms with Crippen molar-refractivity contribution in [2.45, 2.75) is 52.1 Å². The van der Waals surface area contributed by atoms with E-state index in [-0.39, 0.29) is 12.4 Å². The molecule has 1 heterocycles. The topological polar surface area (TPSA) is 93.7 Å². The quantitative estimate of drug-likeness (QED) is 0.379. The molecule has 9 heteroatoms. The van der Waals surface area contributed by atoms with E-state index in [9.17, 15) is 23.2 Å². The average Bonchev–Trinajstić information content (AvgIpc) is 3.18. The third-order valence-corrected chi connectivity index (χ3v) is 4.23. The number of nitrogens with one attached hydrogen (secondary N) is 2. The largest absolute Gasteiger partial charge is 0.468 e. The Morgan fingerprint density at radius 3 is 2.48 bits per heavy atom. The molecule has 176 valence electrons. The van der Waals surface area contributed by atoms with Gasteiger partial charge in [-0.05, 0) is 45.3 Å². The number of ether oxygens (including phenoxy) is 2. The van der Waals surface area contributed by atoms with Gasteiger partial charge in [-0.1, -0.05) is 26.0 Å². The third kappa shape index (κ3) is 11.5. The molecule has 1 aromatic rings. The van der Waals surface area contributed by atoms with Crippen LogP contribution in [0.25, 0.3) is 0 Å². The summed E-state index contributed by atoms with van der Waals surface area (Å²) in [5.41, 5.74) is -0.0538. The van der Waals surface area contributed by atoms with Crippen LogP contribution < -0.4 is 10.6 Å². The number of methoxy groups -OCH3 is 1. The zero-order chi connectivity index (χ0) is 23.9. The first kappa shape index (κ1) is 28.6. The molecule has 0 aliphatic carbocycles. The van der Waals surface area contributed by atoms with Crippen molar-refractivity contribution in [2.24, 2.45) is 5.92 Å². The lowest BCUT2D eigenvalue weighted by Crippen LogP contribution is -2.45. The summed E-state index contributed by atoms with van der Waals surface area (Å²) in [5, 5.41) is 5.85. The highest BCUT2D eigenvalue weighted by molar-refractivity contribution is 5.83. The second-order valence-corrected chi connectivity index (χ2v) is 7.54. The van der Waals surface area contributed by atoms with Crippen molar-refractivity contribution in [3.05, 3.63) is 35.4 Å². The molecule has 1 atom stereocenters. The van der Waals surface area contributed by atoms with Gasteiger partial charge in [0.1, 0.15) is 18.2 Å². The Hall–Kier alpha value is -2.39. The molecule has 0 amide bonds. The predicted molar refractivity (Wildman–Crippen MR) is 113 cm³/mol. The van der Waals surface area contributed by atoms with Crippen LogP contribution in [-0.4, -0.2) is 51.1 Å². The Balaban J connectivity index is 0.000000436. The Morgan fingerprint density at radius 1 is 1.32 bits per heavy atom. The Labute approximate surface area is 182 Å². The van der Waals surface area contributed by atoms with Gasteiger partial charge in [-0.25, -0.2) is 8.78 Å². The van der Waals surface area contributed by atoms with Crippen LogP contribution in [-0.2, 0) is 30.4 Å². The molecule has 31 heavy (non-hydrogen) atoms. The average molecular weight is 445 g/mol. The number of hydrogen-bond donors (Lipinski definition) is 2. The summed E-state index contributed by atoms with van der Waals surface area (Å²) >= 11 is 0. The number of benzene rings is 1. The second-order valence-electron chi connectivity index (χ2n) is 7.54. The van der Waals surface area contributed by atoms with E-state index in [0.29, 0.717) is 30.9 Å². The first-order valence-electron chi connectivity index (χ1n) is 10.1. The van der Waals surface area contributed by atoms with Crippen LogP contribution >= 0.6 is 0 Å². The zero-order valence-electron chi connectivity index (χ0n) is 18.9. The number of carbonyl (C=O) groups excluding carboxylic acids is 3. The van der Waals surface area contributed by atoms with Crippen molar-refractivity contribution in [3.8, 4) is 0 Å². The minimum Gasteiger partial charge on any atom is -0.468 e. The fourth-order valence-corrected chi connectivity index (χ4v) is 2.56. The van der Waals surface area contributed by atoms with E-state index in [0.717, 1.165) is 25.5 Å². The number of halogens is 2. The van der Waals surface area contributed by atoms with E-state index in [1.165, 1.54) is 13.2 Å². The highest BCUT2D eigenvalue weighted by atomic mass is 19.2. The van der Waals surface area contributed by atoms with Gasteiger partial charge in [0, 0.05) is 12.1 Å². The lowest BCUT2D eigenvalue weighted by atomic mass is 10.0. The summed E-state index contributed by atoms with van der Waals surface area (Å²) in [6.07, 6.45) is 2.36. The van der Waals surface area contributed by atoms with Crippen LogP contribution in [0.15, 0.2) is 18.2 Å². The molecule has 0 bridgehead atoms. The van der Waals surface area contributed by atoms with Gasteiger partial charge < -0.3 is 24.9 Å². The lowest BCUT2D eigenvalue weighted by molar-refractivity contribution is -0.147. The second kappa shape index (κ2) is 15.4. The van der Waals surface area contributed by atoms with Gasteiger partial charge in [-0.15, -0.1) is 0 Å². The lowest BCUT2D eigenvalue weighted by Gasteiger charge is -2.19. The van der Waals surface area contributed by atoms with E-state index < -0.39 is 23.1 Å². The van der Waals surface area contributed by atoms with Gasteiger partial charge in [-0.3, -0.25) is 9.59 Å². The van der Waals surface area contributed by atoms with Gasteiger partial charge in [-0.2, -0.15) is 0 Å². The Morgan fingerprint density at radius 2 is 2.00 bits per heavy atom. The van der Waals surface area contributed by atoms with Gasteiger partial charge >= 0.3 is 11.9 Å². The van der Waals surface area contributed by atoms with E-state index in [2.05, 4.69) is 20.1 Å². The van der Waals surface area contributed by atoms with E-state index >= 15 is 0 Å². The summed E-state index contributed by atoms with van der Waals surface area (Å²) in [4.78, 5) is 31.3. The Kier molecular flexibility index (Phi) is 14.2. The summed E-state index contributed by atoms with van der Waals surface area (Å²) in [6, 6.07) is 4.15. The normalized spacial score (nSPS) is 17.0.